The van der Waals surface area contributed by atoms with Gasteiger partial charge in [-0.05, 0) is 50.1 Å². The van der Waals surface area contributed by atoms with E-state index in [9.17, 15) is 9.59 Å². The highest BCUT2D eigenvalue weighted by molar-refractivity contribution is 6.34. The number of likely N-dealkylation sites (N-methyl/N-ethyl adjacent to an activating group) is 1. The highest BCUT2D eigenvalue weighted by atomic mass is 16.5. The molecular weight excluding hydrogens is 370 g/mol. The average Bonchev–Trinajstić information content (AvgIpc) is 2.75. The van der Waals surface area contributed by atoms with Crippen molar-refractivity contribution in [2.75, 3.05) is 19.7 Å². The Morgan fingerprint density at radius 3 is 2.38 bits per heavy atom. The molecule has 0 radical (unpaired) electrons. The summed E-state index contributed by atoms with van der Waals surface area (Å²) in [4.78, 5) is 25.2. The summed E-state index contributed by atoms with van der Waals surface area (Å²) in [5.74, 6) is -0.170. The van der Waals surface area contributed by atoms with Gasteiger partial charge < -0.3 is 14.4 Å². The van der Waals surface area contributed by atoms with E-state index in [1.165, 1.54) is 11.1 Å². The molecule has 0 bridgehead atoms. The van der Waals surface area contributed by atoms with Crippen molar-refractivity contribution in [3.05, 3.63) is 59.7 Å². The van der Waals surface area contributed by atoms with Crippen molar-refractivity contribution in [1.29, 1.82) is 0 Å². The fourth-order valence-corrected chi connectivity index (χ4v) is 2.60. The Morgan fingerprint density at radius 2 is 1.72 bits per heavy atom. The molecule has 7 heteroatoms. The van der Waals surface area contributed by atoms with Crippen molar-refractivity contribution in [3.63, 3.8) is 0 Å². The van der Waals surface area contributed by atoms with Crippen LogP contribution in [0.25, 0.3) is 0 Å². The number of ether oxygens (including phenoxy) is 2. The summed E-state index contributed by atoms with van der Waals surface area (Å²) in [7, 11) is 0. The number of rotatable bonds is 9. The van der Waals surface area contributed by atoms with Crippen LogP contribution in [0.2, 0.25) is 0 Å². The van der Waals surface area contributed by atoms with Crippen molar-refractivity contribution in [1.82, 2.24) is 10.3 Å². The lowest BCUT2D eigenvalue weighted by atomic mass is 10.2. The Kier molecular flexibility index (Phi) is 8.69. The van der Waals surface area contributed by atoms with E-state index < -0.39 is 11.8 Å². The van der Waals surface area contributed by atoms with E-state index in [4.69, 9.17) is 9.47 Å². The van der Waals surface area contributed by atoms with Gasteiger partial charge in [0.15, 0.2) is 11.5 Å². The van der Waals surface area contributed by atoms with Gasteiger partial charge in [-0.1, -0.05) is 30.3 Å². The third kappa shape index (κ3) is 6.64. The molecule has 0 aliphatic heterocycles. The molecule has 0 unspecified atom stereocenters. The molecule has 0 spiro atoms. The standard InChI is InChI=1S/C22H27N3O4/c1-4-25(5-2)22(27)21(26)24-23-15-18-12-13-19(20(14-18)28-6-3)29-16-17-10-8-7-9-11-17/h7-15H,4-6,16H2,1-3H3,(H,24,26)/b23-15+. The fraction of sp³-hybridized carbons (Fsp3) is 0.318. The van der Waals surface area contributed by atoms with Crippen LogP contribution in [0.4, 0.5) is 0 Å². The fourth-order valence-electron chi connectivity index (χ4n) is 2.60. The topological polar surface area (TPSA) is 80.2 Å². The normalized spacial score (nSPS) is 10.6. The van der Waals surface area contributed by atoms with Gasteiger partial charge in [-0.15, -0.1) is 0 Å². The zero-order chi connectivity index (χ0) is 21.1. The molecule has 0 fully saturated rings. The molecule has 0 saturated carbocycles. The minimum Gasteiger partial charge on any atom is -0.490 e. The van der Waals surface area contributed by atoms with E-state index in [1.54, 1.807) is 18.2 Å². The minimum atomic E-state index is -0.766. The number of benzene rings is 2. The second kappa shape index (κ2) is 11.5. The van der Waals surface area contributed by atoms with Crippen LogP contribution in [0.3, 0.4) is 0 Å². The SMILES string of the molecule is CCOc1cc(/C=N/NC(=O)C(=O)N(CC)CC)ccc1OCc1ccccc1. The van der Waals surface area contributed by atoms with Gasteiger partial charge in [0.1, 0.15) is 6.61 Å². The Labute approximate surface area is 171 Å². The Balaban J connectivity index is 2.02. The van der Waals surface area contributed by atoms with E-state index in [2.05, 4.69) is 10.5 Å². The Hall–Kier alpha value is -3.35. The maximum atomic E-state index is 11.9. The summed E-state index contributed by atoms with van der Waals surface area (Å²) in [6.07, 6.45) is 1.46. The highest BCUT2D eigenvalue weighted by Crippen LogP contribution is 2.28. The van der Waals surface area contributed by atoms with Crippen LogP contribution in [-0.4, -0.2) is 42.6 Å². The van der Waals surface area contributed by atoms with Gasteiger partial charge in [0, 0.05) is 13.1 Å². The van der Waals surface area contributed by atoms with Gasteiger partial charge >= 0.3 is 11.8 Å². The van der Waals surface area contributed by atoms with Crippen LogP contribution in [0.15, 0.2) is 53.6 Å². The smallest absolute Gasteiger partial charge is 0.329 e. The van der Waals surface area contributed by atoms with Gasteiger partial charge in [-0.3, -0.25) is 9.59 Å². The third-order valence-electron chi connectivity index (χ3n) is 4.13. The minimum absolute atomic E-state index is 0.428. The molecule has 7 nitrogen and oxygen atoms in total. The summed E-state index contributed by atoms with van der Waals surface area (Å²) < 4.78 is 11.5. The van der Waals surface area contributed by atoms with Crippen LogP contribution in [0.1, 0.15) is 31.9 Å². The van der Waals surface area contributed by atoms with Crippen LogP contribution >= 0.6 is 0 Å². The monoisotopic (exact) mass is 397 g/mol. The first-order chi connectivity index (χ1) is 14.1. The summed E-state index contributed by atoms with van der Waals surface area (Å²) in [5.41, 5.74) is 4.02. The maximum Gasteiger partial charge on any atom is 0.329 e. The number of hydrazone groups is 1. The summed E-state index contributed by atoms with van der Waals surface area (Å²) in [6, 6.07) is 15.2. The molecule has 1 N–H and O–H groups in total. The molecule has 0 aromatic heterocycles. The zero-order valence-corrected chi connectivity index (χ0v) is 17.1. The predicted molar refractivity (Wildman–Crippen MR) is 112 cm³/mol. The number of nitrogens with zero attached hydrogens (tertiary/aromatic N) is 2. The largest absolute Gasteiger partial charge is 0.490 e. The van der Waals surface area contributed by atoms with E-state index in [-0.39, 0.29) is 0 Å². The molecule has 2 amide bonds. The number of amides is 2. The molecular formula is C22H27N3O4. The summed E-state index contributed by atoms with van der Waals surface area (Å²) in [5, 5.41) is 3.87. The van der Waals surface area contributed by atoms with Crippen LogP contribution < -0.4 is 14.9 Å². The van der Waals surface area contributed by atoms with Gasteiger partial charge in [-0.2, -0.15) is 5.10 Å². The van der Waals surface area contributed by atoms with E-state index in [0.29, 0.717) is 43.4 Å². The lowest BCUT2D eigenvalue weighted by molar-refractivity contribution is -0.145. The number of nitrogens with one attached hydrogen (secondary N) is 1. The average molecular weight is 397 g/mol. The second-order valence-corrected chi connectivity index (χ2v) is 6.09. The molecule has 154 valence electrons. The highest BCUT2D eigenvalue weighted by Gasteiger charge is 2.18. The van der Waals surface area contributed by atoms with Crippen molar-refractivity contribution < 1.29 is 19.1 Å². The van der Waals surface area contributed by atoms with Gasteiger partial charge in [-0.25, -0.2) is 5.43 Å². The predicted octanol–water partition coefficient (Wildman–Crippen LogP) is 2.98. The van der Waals surface area contributed by atoms with Gasteiger partial charge in [0.25, 0.3) is 0 Å². The molecule has 2 rings (SSSR count). The summed E-state index contributed by atoms with van der Waals surface area (Å²) >= 11 is 0. The van der Waals surface area contributed by atoms with E-state index in [1.807, 2.05) is 51.1 Å². The lowest BCUT2D eigenvalue weighted by Crippen LogP contribution is -2.41. The molecule has 0 heterocycles. The van der Waals surface area contributed by atoms with Crippen molar-refractivity contribution >= 4 is 18.0 Å². The first-order valence-corrected chi connectivity index (χ1v) is 9.64. The van der Waals surface area contributed by atoms with Crippen molar-refractivity contribution in [2.24, 2.45) is 5.10 Å². The third-order valence-corrected chi connectivity index (χ3v) is 4.13. The lowest BCUT2D eigenvalue weighted by Gasteiger charge is -2.16. The van der Waals surface area contributed by atoms with Crippen molar-refractivity contribution in [2.45, 2.75) is 27.4 Å². The molecule has 0 aliphatic carbocycles. The molecule has 0 atom stereocenters. The van der Waals surface area contributed by atoms with E-state index in [0.717, 1.165) is 5.56 Å². The first-order valence-electron chi connectivity index (χ1n) is 9.64. The van der Waals surface area contributed by atoms with E-state index >= 15 is 0 Å². The number of carbonyl (C=O) groups is 2. The number of carbonyl (C=O) groups excluding carboxylic acids is 2. The Morgan fingerprint density at radius 1 is 1.00 bits per heavy atom. The van der Waals surface area contributed by atoms with Crippen LogP contribution in [-0.2, 0) is 16.2 Å². The van der Waals surface area contributed by atoms with Gasteiger partial charge in [0.05, 0.1) is 12.8 Å². The van der Waals surface area contributed by atoms with Crippen molar-refractivity contribution in [3.8, 4) is 11.5 Å². The quantitative estimate of drug-likeness (QED) is 0.401. The van der Waals surface area contributed by atoms with Crippen LogP contribution in [0, 0.1) is 0 Å². The molecule has 2 aromatic carbocycles. The molecule has 0 saturated heterocycles. The van der Waals surface area contributed by atoms with Gasteiger partial charge in [0.2, 0.25) is 0 Å². The molecule has 2 aromatic rings. The second-order valence-electron chi connectivity index (χ2n) is 6.09. The molecule has 0 aliphatic rings. The zero-order valence-electron chi connectivity index (χ0n) is 17.1. The maximum absolute atomic E-state index is 11.9. The number of hydrogen-bond donors (Lipinski definition) is 1. The first kappa shape index (κ1) is 21.9. The molecule has 29 heavy (non-hydrogen) atoms. The Bertz CT molecular complexity index is 833. The number of hydrogen-bond acceptors (Lipinski definition) is 5. The van der Waals surface area contributed by atoms with Crippen LogP contribution in [0.5, 0.6) is 11.5 Å². The summed E-state index contributed by atoms with van der Waals surface area (Å²) in [6.45, 7) is 7.36.